The Morgan fingerprint density at radius 3 is 2.22 bits per heavy atom. The van der Waals surface area contributed by atoms with Crippen LogP contribution in [0.25, 0.3) is 22.0 Å². The molecule has 0 saturated carbocycles. The van der Waals surface area contributed by atoms with E-state index in [1.165, 1.54) is 24.3 Å². The van der Waals surface area contributed by atoms with E-state index in [9.17, 15) is 13.6 Å². The van der Waals surface area contributed by atoms with Crippen LogP contribution in [0, 0.1) is 11.6 Å². The van der Waals surface area contributed by atoms with Crippen LogP contribution >= 0.6 is 12.4 Å². The lowest BCUT2D eigenvalue weighted by atomic mass is 10.0. The first-order valence-corrected chi connectivity index (χ1v) is 11.6. The highest BCUT2D eigenvalue weighted by molar-refractivity contribution is 6.00. The van der Waals surface area contributed by atoms with Crippen LogP contribution in [-0.4, -0.2) is 46.8 Å². The minimum absolute atomic E-state index is 0. The van der Waals surface area contributed by atoms with Crippen LogP contribution < -0.4 is 10.2 Å². The van der Waals surface area contributed by atoms with E-state index in [4.69, 9.17) is 0 Å². The number of hydrogen-bond donors (Lipinski definition) is 1. The number of rotatable bonds is 4. The molecule has 3 aromatic carbocycles. The molecule has 1 N–H and O–H groups in total. The molecule has 6 nitrogen and oxygen atoms in total. The minimum atomic E-state index is -0.346. The van der Waals surface area contributed by atoms with E-state index >= 15 is 0 Å². The first-order chi connectivity index (χ1) is 17.0. The maximum absolute atomic E-state index is 13.4. The Balaban J connectivity index is 0.00000304. The van der Waals surface area contributed by atoms with Crippen LogP contribution in [0.3, 0.4) is 0 Å². The number of carbonyl (C=O) groups is 1. The smallest absolute Gasteiger partial charge is 0.322 e. The van der Waals surface area contributed by atoms with Crippen molar-refractivity contribution in [1.29, 1.82) is 0 Å². The third-order valence-electron chi connectivity index (χ3n) is 6.40. The summed E-state index contributed by atoms with van der Waals surface area (Å²) in [4.78, 5) is 16.9. The number of carbonyl (C=O) groups excluding carboxylic acids is 1. The number of benzene rings is 3. The second-order valence-corrected chi connectivity index (χ2v) is 8.56. The van der Waals surface area contributed by atoms with E-state index in [0.29, 0.717) is 31.0 Å². The summed E-state index contributed by atoms with van der Waals surface area (Å²) in [6.45, 7) is 3.78. The fourth-order valence-corrected chi connectivity index (χ4v) is 4.54. The molecule has 0 bridgehead atoms. The lowest BCUT2D eigenvalue weighted by Crippen LogP contribution is -2.56. The van der Waals surface area contributed by atoms with Crippen molar-refractivity contribution in [3.05, 3.63) is 84.4 Å². The summed E-state index contributed by atoms with van der Waals surface area (Å²) in [5.74, 6) is 0.125. The monoisotopic (exact) mass is 509 g/mol. The second kappa shape index (κ2) is 10.9. The lowest BCUT2D eigenvalue weighted by Gasteiger charge is -2.41. The van der Waals surface area contributed by atoms with E-state index in [1.54, 1.807) is 24.3 Å². The molecule has 1 unspecified atom stereocenters. The van der Waals surface area contributed by atoms with Gasteiger partial charge in [0.25, 0.3) is 0 Å². The normalized spacial score (nSPS) is 15.5. The summed E-state index contributed by atoms with van der Waals surface area (Å²) in [5, 5.41) is 13.8. The van der Waals surface area contributed by atoms with Crippen LogP contribution in [0.5, 0.6) is 0 Å². The van der Waals surface area contributed by atoms with Gasteiger partial charge in [-0.25, -0.2) is 13.6 Å². The van der Waals surface area contributed by atoms with Gasteiger partial charge >= 0.3 is 6.03 Å². The third-order valence-corrected chi connectivity index (χ3v) is 6.40. The minimum Gasteiger partial charge on any atom is -0.351 e. The number of hydrogen-bond acceptors (Lipinski definition) is 4. The quantitative estimate of drug-likeness (QED) is 0.359. The molecule has 0 spiro atoms. The summed E-state index contributed by atoms with van der Waals surface area (Å²) < 4.78 is 26.6. The molecule has 5 rings (SSSR count). The van der Waals surface area contributed by atoms with Gasteiger partial charge in [-0.15, -0.1) is 22.6 Å². The predicted octanol–water partition coefficient (Wildman–Crippen LogP) is 6.13. The number of piperazine rings is 1. The fraction of sp³-hybridized carbons (Fsp3) is 0.222. The molecule has 1 fully saturated rings. The molecule has 36 heavy (non-hydrogen) atoms. The fourth-order valence-electron chi connectivity index (χ4n) is 4.54. The molecule has 2 amide bonds. The molecule has 1 saturated heterocycles. The van der Waals surface area contributed by atoms with Crippen LogP contribution in [0.1, 0.15) is 13.3 Å². The van der Waals surface area contributed by atoms with Gasteiger partial charge in [-0.2, -0.15) is 0 Å². The SMILES string of the molecule is CCC1CN(c2nnc(-c3ccc(F)cc3)c3ccccc23)CCN1C(=O)Nc1ccc(F)cc1.Cl. The summed E-state index contributed by atoms with van der Waals surface area (Å²) in [7, 11) is 0. The van der Waals surface area contributed by atoms with Crippen molar-refractivity contribution in [2.24, 2.45) is 0 Å². The maximum atomic E-state index is 13.4. The van der Waals surface area contributed by atoms with Crippen LogP contribution in [0.2, 0.25) is 0 Å². The molecule has 1 atom stereocenters. The van der Waals surface area contributed by atoms with Crippen LogP contribution in [-0.2, 0) is 0 Å². The van der Waals surface area contributed by atoms with E-state index in [2.05, 4.69) is 20.4 Å². The number of aromatic nitrogens is 2. The first-order valence-electron chi connectivity index (χ1n) is 11.6. The molecular weight excluding hydrogens is 484 g/mol. The third kappa shape index (κ3) is 5.09. The van der Waals surface area contributed by atoms with Gasteiger partial charge in [0, 0.05) is 41.7 Å². The standard InChI is InChI=1S/C27H25F2N5O.ClH/c1-2-22-17-33(15-16-34(22)27(35)30-21-13-11-20(29)12-14-21)26-24-6-4-3-5-23(24)25(31-32-26)18-7-9-19(28)10-8-18;/h3-14,22H,2,15-17H2,1H3,(H,30,35);1H. The number of amides is 2. The zero-order valence-electron chi connectivity index (χ0n) is 19.7. The molecule has 0 aliphatic carbocycles. The van der Waals surface area contributed by atoms with Gasteiger partial charge in [-0.05, 0) is 55.0 Å². The van der Waals surface area contributed by atoms with Gasteiger partial charge in [0.05, 0.1) is 6.04 Å². The predicted molar refractivity (Wildman–Crippen MR) is 141 cm³/mol. The number of halogens is 3. The van der Waals surface area contributed by atoms with Crippen molar-refractivity contribution < 1.29 is 13.6 Å². The van der Waals surface area contributed by atoms with Gasteiger partial charge in [-0.1, -0.05) is 31.2 Å². The Morgan fingerprint density at radius 2 is 1.56 bits per heavy atom. The highest BCUT2D eigenvalue weighted by Crippen LogP contribution is 2.32. The Morgan fingerprint density at radius 1 is 0.917 bits per heavy atom. The Hall–Kier alpha value is -3.78. The molecular formula is C27H26ClF2N5O. The Kier molecular flexibility index (Phi) is 7.64. The maximum Gasteiger partial charge on any atom is 0.322 e. The number of nitrogens with one attached hydrogen (secondary N) is 1. The van der Waals surface area contributed by atoms with Gasteiger partial charge in [-0.3, -0.25) is 0 Å². The van der Waals surface area contributed by atoms with Crippen molar-refractivity contribution >= 4 is 40.7 Å². The zero-order valence-corrected chi connectivity index (χ0v) is 20.5. The molecule has 186 valence electrons. The average molecular weight is 510 g/mol. The van der Waals surface area contributed by atoms with Crippen molar-refractivity contribution in [1.82, 2.24) is 15.1 Å². The van der Waals surface area contributed by atoms with Crippen molar-refractivity contribution in [2.75, 3.05) is 29.9 Å². The molecule has 1 aliphatic rings. The van der Waals surface area contributed by atoms with Gasteiger partial charge in [0.2, 0.25) is 0 Å². The number of fused-ring (bicyclic) bond motifs is 1. The van der Waals surface area contributed by atoms with Crippen molar-refractivity contribution in [3.8, 4) is 11.3 Å². The van der Waals surface area contributed by atoms with Gasteiger partial charge < -0.3 is 15.1 Å². The highest BCUT2D eigenvalue weighted by atomic mass is 35.5. The van der Waals surface area contributed by atoms with E-state index < -0.39 is 0 Å². The number of anilines is 2. The Labute approximate surface area is 214 Å². The molecule has 1 aliphatic heterocycles. The van der Waals surface area contributed by atoms with E-state index in [0.717, 1.165) is 28.6 Å². The molecule has 2 heterocycles. The summed E-state index contributed by atoms with van der Waals surface area (Å²) in [5.41, 5.74) is 2.06. The number of urea groups is 1. The van der Waals surface area contributed by atoms with Crippen molar-refractivity contribution in [2.45, 2.75) is 19.4 Å². The van der Waals surface area contributed by atoms with E-state index in [1.807, 2.05) is 36.1 Å². The van der Waals surface area contributed by atoms with Crippen molar-refractivity contribution in [3.63, 3.8) is 0 Å². The zero-order chi connectivity index (χ0) is 24.4. The van der Waals surface area contributed by atoms with E-state index in [-0.39, 0.29) is 36.1 Å². The van der Waals surface area contributed by atoms with Crippen LogP contribution in [0.15, 0.2) is 72.8 Å². The second-order valence-electron chi connectivity index (χ2n) is 8.56. The summed E-state index contributed by atoms with van der Waals surface area (Å²) >= 11 is 0. The Bertz CT molecular complexity index is 1350. The van der Waals surface area contributed by atoms with Crippen LogP contribution in [0.4, 0.5) is 25.1 Å². The molecule has 4 aromatic rings. The lowest BCUT2D eigenvalue weighted by molar-refractivity contribution is 0.176. The number of nitrogens with zero attached hydrogens (tertiary/aromatic N) is 4. The summed E-state index contributed by atoms with van der Waals surface area (Å²) in [6, 6.07) is 19.7. The molecule has 9 heteroatoms. The average Bonchev–Trinajstić information content (AvgIpc) is 2.89. The summed E-state index contributed by atoms with van der Waals surface area (Å²) in [6.07, 6.45) is 0.770. The topological polar surface area (TPSA) is 61.4 Å². The molecule has 1 aromatic heterocycles. The highest BCUT2D eigenvalue weighted by Gasteiger charge is 2.31. The molecule has 0 radical (unpaired) electrons. The first kappa shape index (κ1) is 25.3. The largest absolute Gasteiger partial charge is 0.351 e. The van der Waals surface area contributed by atoms with Gasteiger partial charge in [0.1, 0.15) is 17.3 Å². The van der Waals surface area contributed by atoms with Gasteiger partial charge in [0.15, 0.2) is 5.82 Å².